The second-order valence-electron chi connectivity index (χ2n) is 5.11. The van der Waals surface area contributed by atoms with Crippen LogP contribution in [0.2, 0.25) is 0 Å². The zero-order valence-electron chi connectivity index (χ0n) is 11.8. The van der Waals surface area contributed by atoms with Crippen molar-refractivity contribution in [2.75, 3.05) is 32.8 Å². The van der Waals surface area contributed by atoms with Crippen LogP contribution < -0.4 is 5.32 Å². The first-order valence-electron chi connectivity index (χ1n) is 7.05. The van der Waals surface area contributed by atoms with E-state index >= 15 is 0 Å². The molecule has 0 bridgehead atoms. The fraction of sp³-hybridized carbons (Fsp3) is 0.600. The standard InChI is InChI=1S/C15H24N2O2/c1-3-17-8-9-19-15(11-17)10-16-12(2)13-4-6-14(18)7-5-13/h4-7,12,15-16,18H,3,8-11H2,1-2H3. The van der Waals surface area contributed by atoms with Gasteiger partial charge in [0, 0.05) is 25.7 Å². The summed E-state index contributed by atoms with van der Waals surface area (Å²) in [5.74, 6) is 0.310. The molecule has 0 saturated carbocycles. The first-order valence-corrected chi connectivity index (χ1v) is 7.05. The van der Waals surface area contributed by atoms with Crippen LogP contribution in [0.5, 0.6) is 5.75 Å². The van der Waals surface area contributed by atoms with Crippen LogP contribution in [0, 0.1) is 0 Å². The molecule has 0 aromatic heterocycles. The Balaban J connectivity index is 1.79. The molecule has 1 aliphatic heterocycles. The Hall–Kier alpha value is -1.10. The molecule has 0 radical (unpaired) electrons. The summed E-state index contributed by atoms with van der Waals surface area (Å²) < 4.78 is 5.77. The quantitative estimate of drug-likeness (QED) is 0.850. The fourth-order valence-electron chi connectivity index (χ4n) is 2.38. The number of hydrogen-bond donors (Lipinski definition) is 2. The molecule has 19 heavy (non-hydrogen) atoms. The maximum absolute atomic E-state index is 9.28. The minimum atomic E-state index is 0.265. The van der Waals surface area contributed by atoms with Crippen LogP contribution in [0.4, 0.5) is 0 Å². The number of phenols is 1. The molecule has 4 heteroatoms. The SMILES string of the molecule is CCN1CCOC(CNC(C)c2ccc(O)cc2)C1. The van der Waals surface area contributed by atoms with Gasteiger partial charge in [-0.15, -0.1) is 0 Å². The highest BCUT2D eigenvalue weighted by Crippen LogP contribution is 2.16. The van der Waals surface area contributed by atoms with Gasteiger partial charge in [0.25, 0.3) is 0 Å². The molecule has 0 spiro atoms. The lowest BCUT2D eigenvalue weighted by Gasteiger charge is -2.32. The van der Waals surface area contributed by atoms with Crippen molar-refractivity contribution in [1.29, 1.82) is 0 Å². The van der Waals surface area contributed by atoms with E-state index in [1.807, 2.05) is 12.1 Å². The van der Waals surface area contributed by atoms with Crippen molar-refractivity contribution in [2.24, 2.45) is 0 Å². The van der Waals surface area contributed by atoms with Crippen LogP contribution in [0.25, 0.3) is 0 Å². The van der Waals surface area contributed by atoms with Crippen LogP contribution in [-0.2, 0) is 4.74 Å². The largest absolute Gasteiger partial charge is 0.508 e. The summed E-state index contributed by atoms with van der Waals surface area (Å²) in [6, 6.07) is 7.62. The molecule has 1 aliphatic rings. The van der Waals surface area contributed by atoms with Crippen LogP contribution in [0.3, 0.4) is 0 Å². The van der Waals surface area contributed by atoms with Gasteiger partial charge in [0.15, 0.2) is 0 Å². The van der Waals surface area contributed by atoms with Crippen molar-refractivity contribution in [3.63, 3.8) is 0 Å². The van der Waals surface area contributed by atoms with Gasteiger partial charge in [-0.3, -0.25) is 4.90 Å². The topological polar surface area (TPSA) is 44.7 Å². The van der Waals surface area contributed by atoms with E-state index in [4.69, 9.17) is 4.74 Å². The van der Waals surface area contributed by atoms with Crippen molar-refractivity contribution in [1.82, 2.24) is 10.2 Å². The lowest BCUT2D eigenvalue weighted by atomic mass is 10.1. The van der Waals surface area contributed by atoms with Crippen LogP contribution in [0.15, 0.2) is 24.3 Å². The van der Waals surface area contributed by atoms with Gasteiger partial charge < -0.3 is 15.2 Å². The van der Waals surface area contributed by atoms with Crippen LogP contribution in [0.1, 0.15) is 25.5 Å². The predicted molar refractivity (Wildman–Crippen MR) is 76.4 cm³/mol. The Kier molecular flexibility index (Phi) is 5.19. The summed E-state index contributed by atoms with van der Waals surface area (Å²) >= 11 is 0. The van der Waals surface area contributed by atoms with E-state index in [1.54, 1.807) is 12.1 Å². The molecule has 1 aromatic carbocycles. The second kappa shape index (κ2) is 6.89. The van der Waals surface area contributed by atoms with Crippen molar-refractivity contribution in [2.45, 2.75) is 26.0 Å². The van der Waals surface area contributed by atoms with Gasteiger partial charge in [0.1, 0.15) is 5.75 Å². The zero-order valence-corrected chi connectivity index (χ0v) is 11.8. The molecule has 4 nitrogen and oxygen atoms in total. The molecular weight excluding hydrogens is 240 g/mol. The molecule has 1 heterocycles. The first-order chi connectivity index (χ1) is 9.19. The molecule has 0 amide bonds. The van der Waals surface area contributed by atoms with Crippen molar-refractivity contribution in [3.8, 4) is 5.75 Å². The average molecular weight is 264 g/mol. The number of aromatic hydroxyl groups is 1. The number of benzene rings is 1. The zero-order chi connectivity index (χ0) is 13.7. The van der Waals surface area contributed by atoms with E-state index in [0.29, 0.717) is 5.75 Å². The highest BCUT2D eigenvalue weighted by molar-refractivity contribution is 5.27. The monoisotopic (exact) mass is 264 g/mol. The number of hydrogen-bond acceptors (Lipinski definition) is 4. The summed E-state index contributed by atoms with van der Waals surface area (Å²) in [5, 5.41) is 12.8. The number of ether oxygens (including phenoxy) is 1. The van der Waals surface area contributed by atoms with E-state index in [2.05, 4.69) is 24.1 Å². The second-order valence-corrected chi connectivity index (χ2v) is 5.11. The number of likely N-dealkylation sites (N-methyl/N-ethyl adjacent to an activating group) is 1. The van der Waals surface area contributed by atoms with Gasteiger partial charge in [-0.2, -0.15) is 0 Å². The Morgan fingerprint density at radius 3 is 2.84 bits per heavy atom. The van der Waals surface area contributed by atoms with E-state index < -0.39 is 0 Å². The minimum absolute atomic E-state index is 0.265. The predicted octanol–water partition coefficient (Wildman–Crippen LogP) is 1.76. The number of nitrogens with one attached hydrogen (secondary N) is 1. The molecule has 1 aromatic rings. The first kappa shape index (κ1) is 14.3. The maximum atomic E-state index is 9.28. The molecule has 0 aliphatic carbocycles. The van der Waals surface area contributed by atoms with Gasteiger partial charge in [-0.05, 0) is 31.2 Å². The van der Waals surface area contributed by atoms with Crippen LogP contribution >= 0.6 is 0 Å². The summed E-state index contributed by atoms with van der Waals surface area (Å²) in [6.07, 6.45) is 0.272. The van der Waals surface area contributed by atoms with Crippen molar-refractivity contribution >= 4 is 0 Å². The van der Waals surface area contributed by atoms with Gasteiger partial charge >= 0.3 is 0 Å². The van der Waals surface area contributed by atoms with Gasteiger partial charge in [0.05, 0.1) is 12.7 Å². The number of rotatable bonds is 5. The van der Waals surface area contributed by atoms with Crippen molar-refractivity contribution in [3.05, 3.63) is 29.8 Å². The summed E-state index contributed by atoms with van der Waals surface area (Å²) in [6.45, 7) is 9.15. The lowest BCUT2D eigenvalue weighted by Crippen LogP contribution is -2.46. The normalized spacial score (nSPS) is 22.3. The van der Waals surface area contributed by atoms with Crippen molar-refractivity contribution < 1.29 is 9.84 Å². The minimum Gasteiger partial charge on any atom is -0.508 e. The third-order valence-corrected chi connectivity index (χ3v) is 3.71. The van der Waals surface area contributed by atoms with Gasteiger partial charge in [-0.1, -0.05) is 19.1 Å². The van der Waals surface area contributed by atoms with Crippen LogP contribution in [-0.4, -0.2) is 48.9 Å². The van der Waals surface area contributed by atoms with Gasteiger partial charge in [-0.25, -0.2) is 0 Å². The molecular formula is C15H24N2O2. The van der Waals surface area contributed by atoms with E-state index in [1.165, 1.54) is 5.56 Å². The molecule has 1 fully saturated rings. The molecule has 2 unspecified atom stereocenters. The number of nitrogens with zero attached hydrogens (tertiary/aromatic N) is 1. The maximum Gasteiger partial charge on any atom is 0.115 e. The number of phenolic OH excluding ortho intramolecular Hbond substituents is 1. The summed E-state index contributed by atoms with van der Waals surface area (Å²) in [5.41, 5.74) is 1.18. The van der Waals surface area contributed by atoms with E-state index in [-0.39, 0.29) is 12.1 Å². The fourth-order valence-corrected chi connectivity index (χ4v) is 2.38. The third kappa shape index (κ3) is 4.20. The molecule has 106 valence electrons. The Labute approximate surface area is 115 Å². The summed E-state index contributed by atoms with van der Waals surface area (Å²) in [7, 11) is 0. The highest BCUT2D eigenvalue weighted by Gasteiger charge is 2.19. The number of morpholine rings is 1. The highest BCUT2D eigenvalue weighted by atomic mass is 16.5. The summed E-state index contributed by atoms with van der Waals surface area (Å²) in [4.78, 5) is 2.42. The Morgan fingerprint density at radius 2 is 2.16 bits per heavy atom. The van der Waals surface area contributed by atoms with E-state index in [9.17, 15) is 5.11 Å². The smallest absolute Gasteiger partial charge is 0.115 e. The molecule has 1 saturated heterocycles. The van der Waals surface area contributed by atoms with Gasteiger partial charge in [0.2, 0.25) is 0 Å². The molecule has 2 N–H and O–H groups in total. The third-order valence-electron chi connectivity index (χ3n) is 3.71. The molecule has 2 atom stereocenters. The van der Waals surface area contributed by atoms with E-state index in [0.717, 1.165) is 32.8 Å². The lowest BCUT2D eigenvalue weighted by molar-refractivity contribution is -0.0262. The Bertz CT molecular complexity index is 380. The average Bonchev–Trinajstić information content (AvgIpc) is 2.46. The Morgan fingerprint density at radius 1 is 1.42 bits per heavy atom. The molecule has 2 rings (SSSR count).